The average Bonchev–Trinajstić information content (AvgIpc) is 2.80. The Hall–Kier alpha value is -3.92. The van der Waals surface area contributed by atoms with Crippen molar-refractivity contribution < 1.29 is 28.3 Å². The predicted molar refractivity (Wildman–Crippen MR) is 114 cm³/mol. The van der Waals surface area contributed by atoms with Crippen molar-refractivity contribution in [3.05, 3.63) is 65.2 Å². The van der Waals surface area contributed by atoms with Gasteiger partial charge in [-0.1, -0.05) is 24.0 Å². The molecule has 1 unspecified atom stereocenters. The number of para-hydroxylation sites is 1. The number of nitrogens with one attached hydrogen (secondary N) is 2. The van der Waals surface area contributed by atoms with Crippen molar-refractivity contribution in [1.29, 1.82) is 0 Å². The molecule has 5 N–H and O–H groups in total. The van der Waals surface area contributed by atoms with E-state index in [0.29, 0.717) is 16.8 Å². The van der Waals surface area contributed by atoms with E-state index in [9.17, 15) is 18.4 Å². The number of nitrogen functional groups attached to an aromatic ring is 1. The molecule has 0 heterocycles. The number of hydrogen-bond acceptors (Lipinski definition) is 5. The highest BCUT2D eigenvalue weighted by molar-refractivity contribution is 5.97. The van der Waals surface area contributed by atoms with Crippen molar-refractivity contribution in [2.75, 3.05) is 12.8 Å². The van der Waals surface area contributed by atoms with Gasteiger partial charge in [0, 0.05) is 29.5 Å². The van der Waals surface area contributed by atoms with E-state index in [1.54, 1.807) is 18.2 Å². The van der Waals surface area contributed by atoms with E-state index in [0.717, 1.165) is 14.0 Å². The van der Waals surface area contributed by atoms with Gasteiger partial charge >= 0.3 is 0 Å². The van der Waals surface area contributed by atoms with Gasteiger partial charge in [0.2, 0.25) is 0 Å². The van der Waals surface area contributed by atoms with Gasteiger partial charge in [-0.25, -0.2) is 14.3 Å². The average molecular weight is 441 g/mol. The maximum absolute atomic E-state index is 13.4. The summed E-state index contributed by atoms with van der Waals surface area (Å²) in [6.45, 7) is 0.945. The number of halogens is 2. The molecule has 0 spiro atoms. The van der Waals surface area contributed by atoms with Gasteiger partial charge in [0.05, 0.1) is 0 Å². The summed E-state index contributed by atoms with van der Waals surface area (Å²) in [5, 5.41) is 11.0. The molecule has 2 rings (SSSR count). The third kappa shape index (κ3) is 5.82. The molecular formula is C23H21F2N3O4. The van der Waals surface area contributed by atoms with E-state index in [-0.39, 0.29) is 5.56 Å². The van der Waals surface area contributed by atoms with Gasteiger partial charge in [0.15, 0.2) is 5.60 Å². The molecule has 9 heteroatoms. The molecule has 0 aliphatic heterocycles. The van der Waals surface area contributed by atoms with E-state index < -0.39 is 29.9 Å². The topological polar surface area (TPSA) is 114 Å². The highest BCUT2D eigenvalue weighted by Gasteiger charge is 2.48. The molecule has 2 aromatic carbocycles. The number of methoxy groups -OCH3 is 1. The number of rotatable bonds is 6. The lowest BCUT2D eigenvalue weighted by atomic mass is 9.95. The second-order valence-corrected chi connectivity index (χ2v) is 6.74. The van der Waals surface area contributed by atoms with E-state index in [1.165, 1.54) is 29.7 Å². The Morgan fingerprint density at radius 2 is 1.72 bits per heavy atom. The SMILES string of the molecule is COC(C)(C(F)F)[C@H](NC(=O)c1ccc(C#CC#Cc2ccccc2N)cc1)C(=O)NO. The first kappa shape index (κ1) is 24.4. The summed E-state index contributed by atoms with van der Waals surface area (Å²) in [6.07, 6.45) is -3.12. The van der Waals surface area contributed by atoms with Crippen LogP contribution < -0.4 is 16.5 Å². The summed E-state index contributed by atoms with van der Waals surface area (Å²) in [7, 11) is 0.971. The van der Waals surface area contributed by atoms with Crippen LogP contribution in [0, 0.1) is 23.7 Å². The molecule has 0 aromatic heterocycles. The molecular weight excluding hydrogens is 420 g/mol. The summed E-state index contributed by atoms with van der Waals surface area (Å²) >= 11 is 0. The van der Waals surface area contributed by atoms with E-state index in [1.807, 2.05) is 6.07 Å². The van der Waals surface area contributed by atoms with Crippen LogP contribution in [0.3, 0.4) is 0 Å². The summed E-state index contributed by atoms with van der Waals surface area (Å²) < 4.78 is 31.6. The van der Waals surface area contributed by atoms with Gasteiger partial charge in [-0.2, -0.15) is 0 Å². The Morgan fingerprint density at radius 1 is 1.09 bits per heavy atom. The standard InChI is InChI=1S/C23H21F2N3O4/c1-23(32-2,22(24)25)19(21(30)28-31)27-20(29)17-13-11-15(12-14-17)7-3-4-8-16-9-5-6-10-18(16)26/h5-6,9-14,19,22,31H,26H2,1-2H3,(H,27,29)(H,28,30)/t19-,23?/m1/s1. The molecule has 0 aliphatic rings. The second-order valence-electron chi connectivity index (χ2n) is 6.74. The quantitative estimate of drug-likeness (QED) is 0.237. The van der Waals surface area contributed by atoms with Gasteiger partial charge in [0.25, 0.3) is 18.2 Å². The Bertz CT molecular complexity index is 1100. The van der Waals surface area contributed by atoms with E-state index in [4.69, 9.17) is 15.7 Å². The molecule has 0 saturated carbocycles. The zero-order valence-electron chi connectivity index (χ0n) is 17.3. The van der Waals surface area contributed by atoms with E-state index >= 15 is 0 Å². The summed E-state index contributed by atoms with van der Waals surface area (Å²) in [5.74, 6) is 8.93. The highest BCUT2D eigenvalue weighted by Crippen LogP contribution is 2.24. The van der Waals surface area contributed by atoms with Crippen molar-refractivity contribution in [2.24, 2.45) is 0 Å². The molecule has 0 radical (unpaired) electrons. The van der Waals surface area contributed by atoms with Crippen LogP contribution >= 0.6 is 0 Å². The summed E-state index contributed by atoms with van der Waals surface area (Å²) in [4.78, 5) is 24.4. The Morgan fingerprint density at radius 3 is 2.28 bits per heavy atom. The largest absolute Gasteiger partial charge is 0.398 e. The molecule has 7 nitrogen and oxygen atoms in total. The molecule has 0 bridgehead atoms. The number of anilines is 1. The molecule has 2 aromatic rings. The van der Waals surface area contributed by atoms with Crippen LogP contribution in [0.4, 0.5) is 14.5 Å². The fourth-order valence-corrected chi connectivity index (χ4v) is 2.60. The number of carbonyl (C=O) groups is 2. The van der Waals surface area contributed by atoms with Gasteiger partial charge in [0.1, 0.15) is 6.04 Å². The monoisotopic (exact) mass is 441 g/mol. The molecule has 0 aliphatic carbocycles. The first-order valence-corrected chi connectivity index (χ1v) is 9.27. The third-order valence-corrected chi connectivity index (χ3v) is 4.67. The van der Waals surface area contributed by atoms with Gasteiger partial charge < -0.3 is 15.8 Å². The van der Waals surface area contributed by atoms with Crippen molar-refractivity contribution in [1.82, 2.24) is 10.8 Å². The van der Waals surface area contributed by atoms with Crippen LogP contribution in [0.25, 0.3) is 0 Å². The normalized spacial score (nSPS) is 12.9. The number of ether oxygens (including phenoxy) is 1. The Balaban J connectivity index is 2.15. The smallest absolute Gasteiger partial charge is 0.269 e. The minimum atomic E-state index is -3.12. The van der Waals surface area contributed by atoms with Gasteiger partial charge in [-0.15, -0.1) is 0 Å². The van der Waals surface area contributed by atoms with Crippen LogP contribution in [0.2, 0.25) is 0 Å². The van der Waals surface area contributed by atoms with Gasteiger partial charge in [-0.05, 0) is 55.2 Å². The minimum Gasteiger partial charge on any atom is -0.398 e. The third-order valence-electron chi connectivity index (χ3n) is 4.67. The van der Waals surface area contributed by atoms with Crippen LogP contribution in [0.15, 0.2) is 48.5 Å². The minimum absolute atomic E-state index is 0.0853. The van der Waals surface area contributed by atoms with Crippen LogP contribution in [0.1, 0.15) is 28.4 Å². The molecule has 0 saturated heterocycles. The molecule has 2 atom stereocenters. The summed E-state index contributed by atoms with van der Waals surface area (Å²) in [6, 6.07) is 11.1. The zero-order chi connectivity index (χ0) is 23.7. The van der Waals surface area contributed by atoms with Crippen LogP contribution in [0.5, 0.6) is 0 Å². The fraction of sp³-hybridized carbons (Fsp3) is 0.217. The first-order chi connectivity index (χ1) is 15.2. The maximum Gasteiger partial charge on any atom is 0.269 e. The lowest BCUT2D eigenvalue weighted by molar-refractivity contribution is -0.157. The molecule has 0 fully saturated rings. The highest BCUT2D eigenvalue weighted by atomic mass is 19.3. The number of alkyl halides is 2. The lowest BCUT2D eigenvalue weighted by Gasteiger charge is -2.34. The van der Waals surface area contributed by atoms with Crippen molar-refractivity contribution in [3.8, 4) is 23.7 Å². The Labute approximate surface area is 183 Å². The van der Waals surface area contributed by atoms with Crippen molar-refractivity contribution in [2.45, 2.75) is 25.0 Å². The number of benzene rings is 2. The first-order valence-electron chi connectivity index (χ1n) is 9.27. The van der Waals surface area contributed by atoms with Crippen molar-refractivity contribution in [3.63, 3.8) is 0 Å². The van der Waals surface area contributed by atoms with Gasteiger partial charge in [-0.3, -0.25) is 14.8 Å². The predicted octanol–water partition coefficient (Wildman–Crippen LogP) is 1.95. The molecule has 2 amide bonds. The summed E-state index contributed by atoms with van der Waals surface area (Å²) in [5.41, 5.74) is 6.53. The maximum atomic E-state index is 13.4. The van der Waals surface area contributed by atoms with Crippen LogP contribution in [-0.4, -0.2) is 42.2 Å². The van der Waals surface area contributed by atoms with E-state index in [2.05, 4.69) is 29.0 Å². The number of nitrogens with two attached hydrogens (primary N) is 1. The second kappa shape index (κ2) is 10.9. The number of amides is 2. The van der Waals surface area contributed by atoms with Crippen molar-refractivity contribution >= 4 is 17.5 Å². The van der Waals surface area contributed by atoms with Crippen LogP contribution in [-0.2, 0) is 9.53 Å². The zero-order valence-corrected chi connectivity index (χ0v) is 17.3. The number of hydrogen-bond donors (Lipinski definition) is 4. The Kier molecular flexibility index (Phi) is 8.31. The number of hydroxylamine groups is 1. The number of carbonyl (C=O) groups excluding carboxylic acids is 2. The fourth-order valence-electron chi connectivity index (χ4n) is 2.60. The molecule has 32 heavy (non-hydrogen) atoms. The lowest BCUT2D eigenvalue weighted by Crippen LogP contribution is -2.62. The molecule has 166 valence electrons.